The Kier molecular flexibility index (Phi) is 5.76. The van der Waals surface area contributed by atoms with E-state index in [0.717, 1.165) is 21.3 Å². The lowest BCUT2D eigenvalue weighted by Gasteiger charge is -2.17. The number of carbonyl (C=O) groups is 2. The second-order valence-electron chi connectivity index (χ2n) is 7.07. The highest BCUT2D eigenvalue weighted by molar-refractivity contribution is 9.10. The standard InChI is InChI=1S/C22H21BrN4O2/c23-19-6-8-20(9-7-19)27-15-18(12-21(27)28)22(29)24-13-16-4-1-2-5-17(16)14-26-11-3-10-25-26/h1-11,18H,12-15H2,(H,24,29). The Morgan fingerprint density at radius 2 is 1.86 bits per heavy atom. The van der Waals surface area contributed by atoms with E-state index in [0.29, 0.717) is 19.6 Å². The molecule has 1 saturated heterocycles. The van der Waals surface area contributed by atoms with E-state index in [2.05, 4.69) is 26.3 Å². The molecule has 2 heterocycles. The third-order valence-electron chi connectivity index (χ3n) is 5.10. The average molecular weight is 453 g/mol. The van der Waals surface area contributed by atoms with Gasteiger partial charge in [-0.1, -0.05) is 40.2 Å². The highest BCUT2D eigenvalue weighted by Crippen LogP contribution is 2.26. The Morgan fingerprint density at radius 1 is 1.10 bits per heavy atom. The molecule has 0 saturated carbocycles. The average Bonchev–Trinajstić information content (AvgIpc) is 3.37. The van der Waals surface area contributed by atoms with Crippen LogP contribution in [-0.2, 0) is 22.7 Å². The Bertz CT molecular complexity index is 1000. The van der Waals surface area contributed by atoms with Gasteiger partial charge in [0.15, 0.2) is 0 Å². The van der Waals surface area contributed by atoms with Gasteiger partial charge in [0.1, 0.15) is 0 Å². The zero-order chi connectivity index (χ0) is 20.2. The summed E-state index contributed by atoms with van der Waals surface area (Å²) in [4.78, 5) is 26.8. The van der Waals surface area contributed by atoms with Crippen molar-refractivity contribution >= 4 is 33.4 Å². The minimum Gasteiger partial charge on any atom is -0.352 e. The van der Waals surface area contributed by atoms with Gasteiger partial charge in [0.2, 0.25) is 11.8 Å². The Labute approximate surface area is 177 Å². The maximum Gasteiger partial charge on any atom is 0.227 e. The van der Waals surface area contributed by atoms with Crippen LogP contribution in [-0.4, -0.2) is 28.1 Å². The van der Waals surface area contributed by atoms with Crippen molar-refractivity contribution in [3.8, 4) is 0 Å². The van der Waals surface area contributed by atoms with Gasteiger partial charge in [-0.25, -0.2) is 0 Å². The first-order valence-electron chi connectivity index (χ1n) is 9.48. The van der Waals surface area contributed by atoms with Crippen molar-refractivity contribution in [2.75, 3.05) is 11.4 Å². The molecular formula is C22H21BrN4O2. The third kappa shape index (κ3) is 4.56. The van der Waals surface area contributed by atoms with Crippen molar-refractivity contribution in [3.05, 3.63) is 82.6 Å². The molecular weight excluding hydrogens is 432 g/mol. The Morgan fingerprint density at radius 3 is 2.59 bits per heavy atom. The fourth-order valence-electron chi connectivity index (χ4n) is 3.53. The van der Waals surface area contributed by atoms with Crippen LogP contribution in [0.3, 0.4) is 0 Å². The van der Waals surface area contributed by atoms with Gasteiger partial charge in [-0.3, -0.25) is 14.3 Å². The molecule has 0 aliphatic carbocycles. The summed E-state index contributed by atoms with van der Waals surface area (Å²) in [5.41, 5.74) is 2.97. The van der Waals surface area contributed by atoms with Crippen LogP contribution in [0.4, 0.5) is 5.69 Å². The molecule has 29 heavy (non-hydrogen) atoms. The number of hydrogen-bond donors (Lipinski definition) is 1. The molecule has 1 aromatic heterocycles. The molecule has 0 radical (unpaired) electrons. The van der Waals surface area contributed by atoms with E-state index >= 15 is 0 Å². The molecule has 148 valence electrons. The van der Waals surface area contributed by atoms with Crippen LogP contribution < -0.4 is 10.2 Å². The monoisotopic (exact) mass is 452 g/mol. The molecule has 1 aliphatic rings. The van der Waals surface area contributed by atoms with Crippen LogP contribution in [0.1, 0.15) is 17.5 Å². The maximum absolute atomic E-state index is 12.7. The van der Waals surface area contributed by atoms with Crippen LogP contribution in [0.25, 0.3) is 0 Å². The number of anilines is 1. The molecule has 7 heteroatoms. The largest absolute Gasteiger partial charge is 0.352 e. The van der Waals surface area contributed by atoms with E-state index in [1.54, 1.807) is 11.1 Å². The zero-order valence-corrected chi connectivity index (χ0v) is 17.4. The third-order valence-corrected chi connectivity index (χ3v) is 5.63. The van der Waals surface area contributed by atoms with Gasteiger partial charge in [-0.2, -0.15) is 5.10 Å². The molecule has 0 bridgehead atoms. The van der Waals surface area contributed by atoms with E-state index in [9.17, 15) is 9.59 Å². The normalized spacial score (nSPS) is 16.2. The highest BCUT2D eigenvalue weighted by Gasteiger charge is 2.35. The SMILES string of the molecule is O=C(NCc1ccccc1Cn1cccn1)C1CC(=O)N(c2ccc(Br)cc2)C1. The predicted octanol–water partition coefficient (Wildman–Crippen LogP) is 3.36. The number of benzene rings is 2. The first-order chi connectivity index (χ1) is 14.1. The van der Waals surface area contributed by atoms with Crippen LogP contribution in [0.5, 0.6) is 0 Å². The predicted molar refractivity (Wildman–Crippen MR) is 114 cm³/mol. The van der Waals surface area contributed by atoms with Gasteiger partial charge in [0, 0.05) is 42.1 Å². The maximum atomic E-state index is 12.7. The highest BCUT2D eigenvalue weighted by atomic mass is 79.9. The number of nitrogens with zero attached hydrogens (tertiary/aromatic N) is 3. The van der Waals surface area contributed by atoms with Crippen LogP contribution in [0.2, 0.25) is 0 Å². The summed E-state index contributed by atoms with van der Waals surface area (Å²) in [6, 6.07) is 17.4. The molecule has 1 unspecified atom stereocenters. The second kappa shape index (κ2) is 8.61. The van der Waals surface area contributed by atoms with E-state index in [1.807, 2.05) is 65.5 Å². The van der Waals surface area contributed by atoms with E-state index in [1.165, 1.54) is 0 Å². The number of carbonyl (C=O) groups excluding carboxylic acids is 2. The van der Waals surface area contributed by atoms with Gasteiger partial charge in [-0.05, 0) is 41.5 Å². The minimum atomic E-state index is -0.343. The Balaban J connectivity index is 1.38. The topological polar surface area (TPSA) is 67.2 Å². The molecule has 2 aromatic carbocycles. The molecule has 3 aromatic rings. The van der Waals surface area contributed by atoms with Crippen LogP contribution in [0.15, 0.2) is 71.5 Å². The fraction of sp³-hybridized carbons (Fsp3) is 0.227. The quantitative estimate of drug-likeness (QED) is 0.623. The van der Waals surface area contributed by atoms with E-state index in [4.69, 9.17) is 0 Å². The van der Waals surface area contributed by atoms with Gasteiger partial charge >= 0.3 is 0 Å². The first-order valence-corrected chi connectivity index (χ1v) is 10.3. The van der Waals surface area contributed by atoms with Crippen molar-refractivity contribution in [3.63, 3.8) is 0 Å². The molecule has 4 rings (SSSR count). The number of rotatable bonds is 6. The fourth-order valence-corrected chi connectivity index (χ4v) is 3.80. The number of hydrogen-bond acceptors (Lipinski definition) is 3. The lowest BCUT2D eigenvalue weighted by atomic mass is 10.1. The molecule has 0 spiro atoms. The van der Waals surface area contributed by atoms with Gasteiger partial charge < -0.3 is 10.2 Å². The summed E-state index contributed by atoms with van der Waals surface area (Å²) in [6.45, 7) is 1.48. The zero-order valence-electron chi connectivity index (χ0n) is 15.8. The summed E-state index contributed by atoms with van der Waals surface area (Å²) < 4.78 is 2.81. The summed E-state index contributed by atoms with van der Waals surface area (Å²) in [6.07, 6.45) is 3.89. The molecule has 1 atom stereocenters. The van der Waals surface area contributed by atoms with Crippen molar-refractivity contribution in [2.24, 2.45) is 5.92 Å². The summed E-state index contributed by atoms with van der Waals surface area (Å²) >= 11 is 3.40. The van der Waals surface area contributed by atoms with Crippen molar-refractivity contribution < 1.29 is 9.59 Å². The van der Waals surface area contributed by atoms with Gasteiger partial charge in [0.25, 0.3) is 0 Å². The lowest BCUT2D eigenvalue weighted by Crippen LogP contribution is -2.32. The molecule has 1 fully saturated rings. The van der Waals surface area contributed by atoms with E-state index < -0.39 is 0 Å². The minimum absolute atomic E-state index is 0.0217. The number of halogens is 1. The van der Waals surface area contributed by atoms with Crippen molar-refractivity contribution in [1.82, 2.24) is 15.1 Å². The number of nitrogens with one attached hydrogen (secondary N) is 1. The van der Waals surface area contributed by atoms with Crippen LogP contribution in [0, 0.1) is 5.92 Å². The van der Waals surface area contributed by atoms with Gasteiger partial charge in [-0.15, -0.1) is 0 Å². The van der Waals surface area contributed by atoms with Crippen molar-refractivity contribution in [1.29, 1.82) is 0 Å². The number of aromatic nitrogens is 2. The van der Waals surface area contributed by atoms with Crippen molar-refractivity contribution in [2.45, 2.75) is 19.5 Å². The van der Waals surface area contributed by atoms with Crippen LogP contribution >= 0.6 is 15.9 Å². The smallest absolute Gasteiger partial charge is 0.227 e. The number of amides is 2. The summed E-state index contributed by atoms with van der Waals surface area (Å²) in [5.74, 6) is -0.456. The lowest BCUT2D eigenvalue weighted by molar-refractivity contribution is -0.126. The summed E-state index contributed by atoms with van der Waals surface area (Å²) in [5, 5.41) is 7.25. The Hall–Kier alpha value is -2.93. The molecule has 6 nitrogen and oxygen atoms in total. The van der Waals surface area contributed by atoms with Gasteiger partial charge in [0.05, 0.1) is 12.5 Å². The summed E-state index contributed by atoms with van der Waals surface area (Å²) in [7, 11) is 0. The molecule has 1 N–H and O–H groups in total. The first kappa shape index (κ1) is 19.4. The van der Waals surface area contributed by atoms with E-state index in [-0.39, 0.29) is 24.2 Å². The second-order valence-corrected chi connectivity index (χ2v) is 7.99. The molecule has 2 amide bonds. The molecule has 1 aliphatic heterocycles.